The van der Waals surface area contributed by atoms with Gasteiger partial charge in [-0.15, -0.1) is 0 Å². The fourth-order valence-electron chi connectivity index (χ4n) is 6.52. The summed E-state index contributed by atoms with van der Waals surface area (Å²) in [6.45, 7) is 6.80. The van der Waals surface area contributed by atoms with Crippen LogP contribution in [0, 0.1) is 44.4 Å². The second-order valence-corrected chi connectivity index (χ2v) is 8.92. The third-order valence-corrected chi connectivity index (χ3v) is 7.33. The third kappa shape index (κ3) is 2.71. The van der Waals surface area contributed by atoms with Crippen LogP contribution in [0.3, 0.4) is 0 Å². The summed E-state index contributed by atoms with van der Waals surface area (Å²) in [6.07, 6.45) is 6.60. The third-order valence-electron chi connectivity index (χ3n) is 7.33. The molecule has 0 unspecified atom stereocenters. The van der Waals surface area contributed by atoms with Crippen molar-refractivity contribution >= 4 is 5.91 Å². The smallest absolute Gasteiger partial charge is 0.251 e. The highest BCUT2D eigenvalue weighted by Crippen LogP contribution is 2.59. The van der Waals surface area contributed by atoms with Gasteiger partial charge in [0.25, 0.3) is 5.91 Å². The van der Waals surface area contributed by atoms with Gasteiger partial charge in [-0.25, -0.2) is 0 Å². The van der Waals surface area contributed by atoms with Crippen LogP contribution < -0.4 is 5.32 Å². The van der Waals surface area contributed by atoms with E-state index >= 15 is 0 Å². The van der Waals surface area contributed by atoms with Crippen LogP contribution in [0.25, 0.3) is 0 Å². The second-order valence-electron chi connectivity index (χ2n) is 8.92. The highest BCUT2D eigenvalue weighted by molar-refractivity contribution is 5.97. The standard InChI is InChI=1S/C22H31NO2/c1-13-5-14(2)20(15(3)6-13)21(24)23-12-22(25-4)18-8-16-7-17(10-18)11-19(22)9-16/h5-6,16-19H,7-12H2,1-4H3,(H,23,24). The molecule has 1 amide bonds. The summed E-state index contributed by atoms with van der Waals surface area (Å²) in [6, 6.07) is 4.19. The number of carbonyl (C=O) groups excluding carboxylic acids is 1. The van der Waals surface area contributed by atoms with Crippen LogP contribution in [0.2, 0.25) is 0 Å². The molecule has 4 fully saturated rings. The van der Waals surface area contributed by atoms with Gasteiger partial charge in [0.2, 0.25) is 0 Å². The van der Waals surface area contributed by atoms with E-state index in [4.69, 9.17) is 4.74 Å². The number of amides is 1. The molecule has 1 aromatic carbocycles. The van der Waals surface area contributed by atoms with Gasteiger partial charge in [-0.3, -0.25) is 4.79 Å². The number of rotatable bonds is 4. The highest BCUT2D eigenvalue weighted by Gasteiger charge is 2.57. The zero-order chi connectivity index (χ0) is 17.8. The van der Waals surface area contributed by atoms with E-state index in [0.717, 1.165) is 28.5 Å². The molecule has 0 atom stereocenters. The summed E-state index contributed by atoms with van der Waals surface area (Å²) in [7, 11) is 1.86. The van der Waals surface area contributed by atoms with E-state index in [0.29, 0.717) is 18.4 Å². The van der Waals surface area contributed by atoms with E-state index < -0.39 is 0 Å². The summed E-state index contributed by atoms with van der Waals surface area (Å²) < 4.78 is 6.17. The number of benzene rings is 1. The molecular weight excluding hydrogens is 310 g/mol. The Hall–Kier alpha value is -1.35. The van der Waals surface area contributed by atoms with Crippen LogP contribution in [0.1, 0.15) is 59.2 Å². The predicted molar refractivity (Wildman–Crippen MR) is 99.8 cm³/mol. The molecule has 3 heteroatoms. The maximum atomic E-state index is 12.9. The number of nitrogens with one attached hydrogen (secondary N) is 1. The molecule has 136 valence electrons. The Morgan fingerprint density at radius 2 is 1.56 bits per heavy atom. The Bertz CT molecular complexity index is 642. The summed E-state index contributed by atoms with van der Waals surface area (Å²) in [5.74, 6) is 3.11. The minimum absolute atomic E-state index is 0.0558. The number of ether oxygens (including phenoxy) is 1. The molecule has 3 nitrogen and oxygen atoms in total. The zero-order valence-corrected chi connectivity index (χ0v) is 16.0. The van der Waals surface area contributed by atoms with E-state index in [1.54, 1.807) is 0 Å². The zero-order valence-electron chi connectivity index (χ0n) is 16.0. The molecule has 4 bridgehead atoms. The molecule has 0 spiro atoms. The van der Waals surface area contributed by atoms with Crippen molar-refractivity contribution in [1.82, 2.24) is 5.32 Å². The highest BCUT2D eigenvalue weighted by atomic mass is 16.5. The monoisotopic (exact) mass is 341 g/mol. The van der Waals surface area contributed by atoms with Crippen molar-refractivity contribution in [2.45, 2.75) is 58.5 Å². The lowest BCUT2D eigenvalue weighted by atomic mass is 9.49. The average molecular weight is 341 g/mol. The minimum Gasteiger partial charge on any atom is -0.376 e. The first-order valence-corrected chi connectivity index (χ1v) is 9.84. The van der Waals surface area contributed by atoms with Gasteiger partial charge in [-0.1, -0.05) is 17.7 Å². The maximum absolute atomic E-state index is 12.9. The predicted octanol–water partition coefficient (Wildman–Crippen LogP) is 4.18. The molecule has 4 saturated carbocycles. The number of hydrogen-bond donors (Lipinski definition) is 1. The second kappa shape index (κ2) is 6.12. The van der Waals surface area contributed by atoms with E-state index in [1.165, 1.54) is 37.7 Å². The van der Waals surface area contributed by atoms with Crippen molar-refractivity contribution in [1.29, 1.82) is 0 Å². The van der Waals surface area contributed by atoms with Gasteiger partial charge in [-0.2, -0.15) is 0 Å². The van der Waals surface area contributed by atoms with Gasteiger partial charge >= 0.3 is 0 Å². The van der Waals surface area contributed by atoms with Crippen molar-refractivity contribution in [3.05, 3.63) is 34.4 Å². The molecule has 4 aliphatic rings. The first-order valence-electron chi connectivity index (χ1n) is 9.84. The van der Waals surface area contributed by atoms with E-state index in [2.05, 4.69) is 24.4 Å². The van der Waals surface area contributed by atoms with Gasteiger partial charge in [0.15, 0.2) is 0 Å². The van der Waals surface area contributed by atoms with Crippen molar-refractivity contribution in [2.75, 3.05) is 13.7 Å². The van der Waals surface area contributed by atoms with Crippen molar-refractivity contribution < 1.29 is 9.53 Å². The molecule has 0 aromatic heterocycles. The Morgan fingerprint density at radius 3 is 2.04 bits per heavy atom. The quantitative estimate of drug-likeness (QED) is 0.892. The van der Waals surface area contributed by atoms with Crippen LogP contribution in [-0.2, 0) is 4.74 Å². The Morgan fingerprint density at radius 1 is 1.04 bits per heavy atom. The summed E-state index contributed by atoms with van der Waals surface area (Å²) in [5, 5.41) is 3.26. The van der Waals surface area contributed by atoms with Gasteiger partial charge in [0, 0.05) is 19.2 Å². The summed E-state index contributed by atoms with van der Waals surface area (Å²) in [4.78, 5) is 12.9. The van der Waals surface area contributed by atoms with E-state index in [-0.39, 0.29) is 11.5 Å². The largest absolute Gasteiger partial charge is 0.376 e. The van der Waals surface area contributed by atoms with Gasteiger partial charge in [-0.05, 0) is 87.7 Å². The Labute approximate surface area is 151 Å². The van der Waals surface area contributed by atoms with E-state index in [1.807, 2.05) is 21.0 Å². The molecule has 1 aromatic rings. The fourth-order valence-corrected chi connectivity index (χ4v) is 6.52. The molecule has 4 aliphatic carbocycles. The topological polar surface area (TPSA) is 38.3 Å². The van der Waals surface area contributed by atoms with Crippen LogP contribution >= 0.6 is 0 Å². The fraction of sp³-hybridized carbons (Fsp3) is 0.682. The lowest BCUT2D eigenvalue weighted by molar-refractivity contribution is -0.186. The normalized spacial score (nSPS) is 35.8. The Balaban J connectivity index is 1.53. The number of methoxy groups -OCH3 is 1. The number of carbonyl (C=O) groups is 1. The van der Waals surface area contributed by atoms with Crippen LogP contribution in [-0.4, -0.2) is 25.2 Å². The number of hydrogen-bond acceptors (Lipinski definition) is 2. The molecule has 0 saturated heterocycles. The van der Waals surface area contributed by atoms with Crippen molar-refractivity contribution in [3.8, 4) is 0 Å². The lowest BCUT2D eigenvalue weighted by Gasteiger charge is -2.60. The lowest BCUT2D eigenvalue weighted by Crippen LogP contribution is -2.63. The van der Waals surface area contributed by atoms with Crippen LogP contribution in [0.4, 0.5) is 0 Å². The first-order chi connectivity index (χ1) is 11.9. The summed E-state index contributed by atoms with van der Waals surface area (Å²) >= 11 is 0. The average Bonchev–Trinajstić information content (AvgIpc) is 2.53. The SMILES string of the molecule is COC1(CNC(=O)c2c(C)cc(C)cc2C)C2CC3CC(C2)CC1C3. The molecule has 0 aliphatic heterocycles. The molecule has 0 heterocycles. The van der Waals surface area contributed by atoms with Crippen molar-refractivity contribution in [3.63, 3.8) is 0 Å². The molecule has 5 rings (SSSR count). The van der Waals surface area contributed by atoms with E-state index in [9.17, 15) is 4.79 Å². The van der Waals surface area contributed by atoms with Gasteiger partial charge in [0.05, 0.1) is 5.60 Å². The maximum Gasteiger partial charge on any atom is 0.251 e. The van der Waals surface area contributed by atoms with Gasteiger partial charge < -0.3 is 10.1 Å². The number of aryl methyl sites for hydroxylation is 3. The Kier molecular flexibility index (Phi) is 4.18. The van der Waals surface area contributed by atoms with Crippen LogP contribution in [0.15, 0.2) is 12.1 Å². The van der Waals surface area contributed by atoms with Gasteiger partial charge in [0.1, 0.15) is 0 Å². The first kappa shape index (κ1) is 17.1. The molecular formula is C22H31NO2. The molecule has 25 heavy (non-hydrogen) atoms. The molecule has 1 N–H and O–H groups in total. The minimum atomic E-state index is -0.143. The van der Waals surface area contributed by atoms with Crippen LogP contribution in [0.5, 0.6) is 0 Å². The van der Waals surface area contributed by atoms with Crippen molar-refractivity contribution in [2.24, 2.45) is 23.7 Å². The molecule has 0 radical (unpaired) electrons. The summed E-state index contributed by atoms with van der Waals surface area (Å²) in [5.41, 5.74) is 4.02.